The number of benzene rings is 3. The normalized spacial score (nSPS) is 15.2. The maximum Gasteiger partial charge on any atom is 0.273 e. The van der Waals surface area contributed by atoms with Crippen LogP contribution in [0, 0.1) is 5.82 Å². The molecule has 0 radical (unpaired) electrons. The number of methoxy groups -OCH3 is 1. The van der Waals surface area contributed by atoms with E-state index in [2.05, 4.69) is 10.2 Å². The Hall–Kier alpha value is -3.93. The Morgan fingerprint density at radius 3 is 2.39 bits per heavy atom. The first-order chi connectivity index (χ1) is 15.2. The maximum atomic E-state index is 13.4. The third-order valence-corrected chi connectivity index (χ3v) is 5.61. The lowest BCUT2D eigenvalue weighted by Crippen LogP contribution is -2.29. The minimum Gasteiger partial charge on any atom is -0.497 e. The van der Waals surface area contributed by atoms with Crippen molar-refractivity contribution in [2.24, 2.45) is 0 Å². The highest BCUT2D eigenvalue weighted by molar-refractivity contribution is 6.00. The van der Waals surface area contributed by atoms with Gasteiger partial charge in [-0.25, -0.2) is 4.39 Å². The lowest BCUT2D eigenvalue weighted by Gasteiger charge is -2.26. The molecule has 31 heavy (non-hydrogen) atoms. The highest BCUT2D eigenvalue weighted by atomic mass is 19.1. The van der Waals surface area contributed by atoms with Crippen LogP contribution in [-0.2, 0) is 6.54 Å². The monoisotopic (exact) mass is 413 g/mol. The highest BCUT2D eigenvalue weighted by Gasteiger charge is 2.42. The highest BCUT2D eigenvalue weighted by Crippen LogP contribution is 2.43. The first kappa shape index (κ1) is 19.1. The molecule has 5 rings (SSSR count). The fourth-order valence-corrected chi connectivity index (χ4v) is 4.10. The molecule has 0 spiro atoms. The molecule has 2 heterocycles. The number of ether oxygens (including phenoxy) is 1. The van der Waals surface area contributed by atoms with Crippen molar-refractivity contribution in [1.29, 1.82) is 0 Å². The number of nitrogens with one attached hydrogen (secondary N) is 1. The smallest absolute Gasteiger partial charge is 0.273 e. The average Bonchev–Trinajstić information content (AvgIpc) is 3.35. The second kappa shape index (κ2) is 7.72. The van der Waals surface area contributed by atoms with Gasteiger partial charge in [0.25, 0.3) is 5.91 Å². The summed E-state index contributed by atoms with van der Waals surface area (Å²) in [5, 5.41) is 7.44. The number of H-pyrrole nitrogens is 1. The summed E-state index contributed by atoms with van der Waals surface area (Å²) < 4.78 is 18.6. The predicted molar refractivity (Wildman–Crippen MR) is 115 cm³/mol. The van der Waals surface area contributed by atoms with E-state index < -0.39 is 0 Å². The number of hydrogen-bond donors (Lipinski definition) is 1. The molecule has 0 aliphatic carbocycles. The summed E-state index contributed by atoms with van der Waals surface area (Å²) in [6.07, 6.45) is 0. The maximum absolute atomic E-state index is 13.4. The van der Waals surface area contributed by atoms with E-state index in [1.165, 1.54) is 12.1 Å². The van der Waals surface area contributed by atoms with Crippen molar-refractivity contribution in [2.75, 3.05) is 7.11 Å². The van der Waals surface area contributed by atoms with Gasteiger partial charge in [0.05, 0.1) is 18.8 Å². The van der Waals surface area contributed by atoms with Crippen LogP contribution in [0.4, 0.5) is 4.39 Å². The molecule has 0 bridgehead atoms. The van der Waals surface area contributed by atoms with Crippen molar-refractivity contribution >= 4 is 5.91 Å². The fourth-order valence-electron chi connectivity index (χ4n) is 4.10. The van der Waals surface area contributed by atoms with Crippen molar-refractivity contribution < 1.29 is 13.9 Å². The number of nitrogens with zero attached hydrogens (tertiary/aromatic N) is 2. The third kappa shape index (κ3) is 3.36. The minimum atomic E-state index is -0.301. The molecule has 0 saturated heterocycles. The first-order valence-corrected chi connectivity index (χ1v) is 9.99. The zero-order valence-corrected chi connectivity index (χ0v) is 16.9. The van der Waals surface area contributed by atoms with Crippen LogP contribution in [0.15, 0.2) is 78.9 Å². The van der Waals surface area contributed by atoms with Crippen LogP contribution >= 0.6 is 0 Å². The summed E-state index contributed by atoms with van der Waals surface area (Å²) in [6.45, 7) is 0.364. The van der Waals surface area contributed by atoms with E-state index in [9.17, 15) is 9.18 Å². The number of aromatic amines is 1. The average molecular weight is 413 g/mol. The molecule has 0 fully saturated rings. The predicted octanol–water partition coefficient (Wildman–Crippen LogP) is 4.97. The molecule has 6 heteroatoms. The number of aromatic nitrogens is 2. The molecule has 1 N–H and O–H groups in total. The topological polar surface area (TPSA) is 58.2 Å². The molecule has 1 unspecified atom stereocenters. The number of fused-ring (bicyclic) bond motifs is 1. The third-order valence-electron chi connectivity index (χ3n) is 5.61. The van der Waals surface area contributed by atoms with Gasteiger partial charge in [-0.15, -0.1) is 0 Å². The van der Waals surface area contributed by atoms with E-state index in [1.54, 1.807) is 24.1 Å². The molecule has 1 aliphatic rings. The number of rotatable bonds is 5. The molecule has 3 aromatic carbocycles. The molecule has 154 valence electrons. The Kier molecular flexibility index (Phi) is 4.75. The van der Waals surface area contributed by atoms with Crippen LogP contribution in [-0.4, -0.2) is 28.1 Å². The molecular formula is C25H20FN3O2. The second-order valence-corrected chi connectivity index (χ2v) is 7.46. The van der Waals surface area contributed by atoms with Gasteiger partial charge in [-0.2, -0.15) is 5.10 Å². The SMILES string of the molecule is COc1ccc(-c2n[nH]c3c2C(c2ccccc2)N(Cc2ccc(F)cc2)C3=O)cc1. The lowest BCUT2D eigenvalue weighted by molar-refractivity contribution is 0.0730. The molecule has 1 amide bonds. The van der Waals surface area contributed by atoms with Crippen LogP contribution in [0.1, 0.15) is 33.2 Å². The Labute approximate surface area is 179 Å². The standard InChI is InChI=1S/C25H20FN3O2/c1-31-20-13-9-17(10-14-20)22-21-23(28-27-22)25(30)29(15-16-7-11-19(26)12-8-16)24(21)18-5-3-2-4-6-18/h2-14,24H,15H2,1H3,(H,27,28). The van der Waals surface area contributed by atoms with Gasteiger partial charge in [0.2, 0.25) is 0 Å². The van der Waals surface area contributed by atoms with Gasteiger partial charge < -0.3 is 9.64 Å². The summed E-state index contributed by atoms with van der Waals surface area (Å²) in [5.41, 5.74) is 4.83. The molecule has 4 aromatic rings. The molecule has 5 nitrogen and oxygen atoms in total. The van der Waals surface area contributed by atoms with Gasteiger partial charge in [-0.05, 0) is 47.5 Å². The van der Waals surface area contributed by atoms with E-state index in [-0.39, 0.29) is 17.8 Å². The van der Waals surface area contributed by atoms with Gasteiger partial charge in [-0.1, -0.05) is 42.5 Å². The number of carbonyl (C=O) groups is 1. The van der Waals surface area contributed by atoms with E-state index in [0.29, 0.717) is 12.2 Å². The quantitative estimate of drug-likeness (QED) is 0.503. The molecule has 1 aliphatic heterocycles. The van der Waals surface area contributed by atoms with Gasteiger partial charge in [0.15, 0.2) is 0 Å². The van der Waals surface area contributed by atoms with Gasteiger partial charge in [-0.3, -0.25) is 9.89 Å². The Balaban J connectivity index is 1.61. The summed E-state index contributed by atoms with van der Waals surface area (Å²) in [6, 6.07) is 23.5. The van der Waals surface area contributed by atoms with E-state index >= 15 is 0 Å². The first-order valence-electron chi connectivity index (χ1n) is 9.99. The minimum absolute atomic E-state index is 0.125. The largest absolute Gasteiger partial charge is 0.497 e. The van der Waals surface area contributed by atoms with Crippen LogP contribution in [0.5, 0.6) is 5.75 Å². The van der Waals surface area contributed by atoms with Crippen LogP contribution in [0.25, 0.3) is 11.3 Å². The zero-order valence-electron chi connectivity index (χ0n) is 16.9. The number of hydrogen-bond acceptors (Lipinski definition) is 3. The van der Waals surface area contributed by atoms with E-state index in [1.807, 2.05) is 54.6 Å². The second-order valence-electron chi connectivity index (χ2n) is 7.46. The van der Waals surface area contributed by atoms with Crippen LogP contribution in [0.2, 0.25) is 0 Å². The molecular weight excluding hydrogens is 393 g/mol. The molecule has 1 atom stereocenters. The van der Waals surface area contributed by atoms with Crippen molar-refractivity contribution in [3.63, 3.8) is 0 Å². The van der Waals surface area contributed by atoms with Crippen molar-refractivity contribution in [2.45, 2.75) is 12.6 Å². The Morgan fingerprint density at radius 1 is 1.00 bits per heavy atom. The van der Waals surface area contributed by atoms with Gasteiger partial charge >= 0.3 is 0 Å². The Morgan fingerprint density at radius 2 is 1.71 bits per heavy atom. The molecule has 0 saturated carbocycles. The van der Waals surface area contributed by atoms with Crippen LogP contribution < -0.4 is 4.74 Å². The van der Waals surface area contributed by atoms with E-state index in [4.69, 9.17) is 4.74 Å². The number of carbonyl (C=O) groups excluding carboxylic acids is 1. The zero-order chi connectivity index (χ0) is 21.4. The molecule has 1 aromatic heterocycles. The summed E-state index contributed by atoms with van der Waals surface area (Å²) in [7, 11) is 1.62. The van der Waals surface area contributed by atoms with Gasteiger partial charge in [0.1, 0.15) is 17.3 Å². The summed E-state index contributed by atoms with van der Waals surface area (Å²) in [5.74, 6) is 0.331. The Bertz CT molecular complexity index is 1220. The van der Waals surface area contributed by atoms with E-state index in [0.717, 1.165) is 33.7 Å². The van der Waals surface area contributed by atoms with Gasteiger partial charge in [0, 0.05) is 17.7 Å². The van der Waals surface area contributed by atoms with Crippen molar-refractivity contribution in [3.05, 3.63) is 107 Å². The summed E-state index contributed by atoms with van der Waals surface area (Å²) >= 11 is 0. The number of amides is 1. The van der Waals surface area contributed by atoms with Crippen LogP contribution in [0.3, 0.4) is 0 Å². The fraction of sp³-hybridized carbons (Fsp3) is 0.120. The summed E-state index contributed by atoms with van der Waals surface area (Å²) in [4.78, 5) is 15.2. The lowest BCUT2D eigenvalue weighted by atomic mass is 9.96. The van der Waals surface area contributed by atoms with Crippen molar-refractivity contribution in [1.82, 2.24) is 15.1 Å². The number of halogens is 1. The van der Waals surface area contributed by atoms with Crippen molar-refractivity contribution in [3.8, 4) is 17.0 Å².